The predicted molar refractivity (Wildman–Crippen MR) is 97.5 cm³/mol. The number of nitrogens with zero attached hydrogens (tertiary/aromatic N) is 4. The van der Waals surface area contributed by atoms with E-state index in [0.717, 1.165) is 23.4 Å². The summed E-state index contributed by atoms with van der Waals surface area (Å²) in [6.45, 7) is 2.77. The zero-order chi connectivity index (χ0) is 18.1. The van der Waals surface area contributed by atoms with Gasteiger partial charge in [0.1, 0.15) is 18.4 Å². The van der Waals surface area contributed by atoms with Crippen molar-refractivity contribution in [1.82, 2.24) is 19.7 Å². The molecular weight excluding hydrogens is 328 g/mol. The molecular formula is C20H20N4O2. The second-order valence-corrected chi connectivity index (χ2v) is 6.41. The molecule has 0 N–H and O–H groups in total. The molecule has 0 saturated carbocycles. The molecule has 6 nitrogen and oxygen atoms in total. The van der Waals surface area contributed by atoms with E-state index in [1.54, 1.807) is 24.3 Å². The molecule has 1 amide bonds. The molecule has 26 heavy (non-hydrogen) atoms. The molecule has 132 valence electrons. The second kappa shape index (κ2) is 6.63. The van der Waals surface area contributed by atoms with Gasteiger partial charge in [-0.3, -0.25) is 9.36 Å². The molecule has 6 heteroatoms. The number of carbonyl (C=O) groups is 1. The minimum absolute atomic E-state index is 0.0000761. The largest absolute Gasteiger partial charge is 0.497 e. The monoisotopic (exact) mass is 348 g/mol. The van der Waals surface area contributed by atoms with Crippen LogP contribution in [-0.2, 0) is 6.42 Å². The topological polar surface area (TPSA) is 60.2 Å². The van der Waals surface area contributed by atoms with E-state index >= 15 is 0 Å². The number of rotatable bonds is 3. The van der Waals surface area contributed by atoms with Crippen LogP contribution in [0.25, 0.3) is 5.69 Å². The number of fused-ring (bicyclic) bond motifs is 1. The molecule has 2 heterocycles. The van der Waals surface area contributed by atoms with Gasteiger partial charge in [0, 0.05) is 17.8 Å². The lowest BCUT2D eigenvalue weighted by Crippen LogP contribution is -2.38. The van der Waals surface area contributed by atoms with Crippen molar-refractivity contribution in [2.75, 3.05) is 13.7 Å². The molecule has 0 saturated heterocycles. The summed E-state index contributed by atoms with van der Waals surface area (Å²) < 4.78 is 7.14. The number of ether oxygens (including phenoxy) is 1. The quantitative estimate of drug-likeness (QED) is 0.730. The molecule has 1 atom stereocenters. The first-order valence-corrected chi connectivity index (χ1v) is 8.60. The van der Waals surface area contributed by atoms with Crippen LogP contribution in [0.1, 0.15) is 34.5 Å². The molecule has 0 bridgehead atoms. The summed E-state index contributed by atoms with van der Waals surface area (Å²) in [6.07, 6.45) is 4.09. The van der Waals surface area contributed by atoms with Crippen molar-refractivity contribution >= 4 is 5.91 Å². The fourth-order valence-electron chi connectivity index (χ4n) is 3.50. The Morgan fingerprint density at radius 2 is 1.96 bits per heavy atom. The van der Waals surface area contributed by atoms with E-state index in [1.165, 1.54) is 5.56 Å². The maximum atomic E-state index is 13.2. The molecule has 0 spiro atoms. The number of aromatic nitrogens is 3. The van der Waals surface area contributed by atoms with E-state index in [0.29, 0.717) is 12.1 Å². The van der Waals surface area contributed by atoms with Crippen LogP contribution in [0, 0.1) is 0 Å². The first-order valence-electron chi connectivity index (χ1n) is 8.60. The third-order valence-electron chi connectivity index (χ3n) is 4.96. The Morgan fingerprint density at radius 3 is 2.73 bits per heavy atom. The summed E-state index contributed by atoms with van der Waals surface area (Å²) in [5.74, 6) is 0.848. The summed E-state index contributed by atoms with van der Waals surface area (Å²) in [7, 11) is 1.66. The molecule has 4 rings (SSSR count). The van der Waals surface area contributed by atoms with E-state index in [9.17, 15) is 4.79 Å². The van der Waals surface area contributed by atoms with Crippen molar-refractivity contribution < 1.29 is 9.53 Å². The Labute approximate surface area is 152 Å². The lowest BCUT2D eigenvalue weighted by atomic mass is 9.92. The maximum Gasteiger partial charge on any atom is 0.254 e. The van der Waals surface area contributed by atoms with E-state index in [1.807, 2.05) is 41.3 Å². The standard InChI is InChI=1S/C20H20N4O2/c1-14-19-11-18(26-2)7-6-15(19)8-9-24(14)20(25)16-4-3-5-17(10-16)23-12-21-22-13-23/h3-7,10-14H,8-9H2,1-2H3/t14-/m0/s1. The van der Waals surface area contributed by atoms with Gasteiger partial charge in [0.25, 0.3) is 5.91 Å². The number of methoxy groups -OCH3 is 1. The first-order chi connectivity index (χ1) is 12.7. The van der Waals surface area contributed by atoms with Gasteiger partial charge in [0.05, 0.1) is 13.2 Å². The van der Waals surface area contributed by atoms with Gasteiger partial charge in [-0.05, 0) is 54.8 Å². The van der Waals surface area contributed by atoms with Gasteiger partial charge >= 0.3 is 0 Å². The highest BCUT2D eigenvalue weighted by Gasteiger charge is 2.28. The Kier molecular flexibility index (Phi) is 4.16. The van der Waals surface area contributed by atoms with Crippen molar-refractivity contribution in [3.05, 3.63) is 71.8 Å². The van der Waals surface area contributed by atoms with Gasteiger partial charge in [-0.2, -0.15) is 0 Å². The van der Waals surface area contributed by atoms with E-state index in [2.05, 4.69) is 23.2 Å². The SMILES string of the molecule is COc1ccc2c(c1)[C@H](C)N(C(=O)c1cccc(-n3cnnc3)c1)CC2. The number of carbonyl (C=O) groups excluding carboxylic acids is 1. The van der Waals surface area contributed by atoms with Crippen molar-refractivity contribution in [1.29, 1.82) is 0 Å². The van der Waals surface area contributed by atoms with Crippen LogP contribution in [0.2, 0.25) is 0 Å². The van der Waals surface area contributed by atoms with Crippen molar-refractivity contribution in [2.24, 2.45) is 0 Å². The van der Waals surface area contributed by atoms with Crippen molar-refractivity contribution in [3.63, 3.8) is 0 Å². The zero-order valence-corrected chi connectivity index (χ0v) is 14.8. The fraction of sp³-hybridized carbons (Fsp3) is 0.250. The Morgan fingerprint density at radius 1 is 1.15 bits per heavy atom. The number of amides is 1. The van der Waals surface area contributed by atoms with E-state index in [4.69, 9.17) is 4.74 Å². The van der Waals surface area contributed by atoms with Gasteiger partial charge in [-0.25, -0.2) is 0 Å². The Balaban J connectivity index is 1.63. The minimum Gasteiger partial charge on any atom is -0.497 e. The third kappa shape index (κ3) is 2.83. The number of hydrogen-bond acceptors (Lipinski definition) is 4. The van der Waals surface area contributed by atoms with Crippen LogP contribution >= 0.6 is 0 Å². The normalized spacial score (nSPS) is 16.2. The molecule has 0 radical (unpaired) electrons. The molecule has 1 aliphatic heterocycles. The van der Waals surface area contributed by atoms with Gasteiger partial charge in [0.15, 0.2) is 0 Å². The molecule has 0 aliphatic carbocycles. The molecule has 0 fully saturated rings. The maximum absolute atomic E-state index is 13.2. The highest BCUT2D eigenvalue weighted by molar-refractivity contribution is 5.95. The average Bonchev–Trinajstić information content (AvgIpc) is 3.23. The second-order valence-electron chi connectivity index (χ2n) is 6.41. The first kappa shape index (κ1) is 16.3. The van der Waals surface area contributed by atoms with E-state index < -0.39 is 0 Å². The fourth-order valence-corrected chi connectivity index (χ4v) is 3.50. The summed E-state index contributed by atoms with van der Waals surface area (Å²) in [6, 6.07) is 13.6. The molecule has 2 aromatic carbocycles. The van der Waals surface area contributed by atoms with Crippen LogP contribution in [0.5, 0.6) is 5.75 Å². The van der Waals surface area contributed by atoms with Crippen LogP contribution < -0.4 is 4.74 Å². The minimum atomic E-state index is -0.0000761. The Hall–Kier alpha value is -3.15. The smallest absolute Gasteiger partial charge is 0.254 e. The molecule has 0 unspecified atom stereocenters. The van der Waals surface area contributed by atoms with E-state index in [-0.39, 0.29) is 11.9 Å². The lowest BCUT2D eigenvalue weighted by Gasteiger charge is -2.35. The van der Waals surface area contributed by atoms with Gasteiger partial charge in [-0.15, -0.1) is 10.2 Å². The molecule has 1 aromatic heterocycles. The summed E-state index contributed by atoms with van der Waals surface area (Å²) >= 11 is 0. The van der Waals surface area contributed by atoms with Crippen LogP contribution in [-0.4, -0.2) is 39.2 Å². The van der Waals surface area contributed by atoms with Crippen molar-refractivity contribution in [2.45, 2.75) is 19.4 Å². The van der Waals surface area contributed by atoms with Crippen molar-refractivity contribution in [3.8, 4) is 11.4 Å². The van der Waals surface area contributed by atoms with Gasteiger partial charge in [0.2, 0.25) is 0 Å². The highest BCUT2D eigenvalue weighted by atomic mass is 16.5. The zero-order valence-electron chi connectivity index (χ0n) is 14.8. The predicted octanol–water partition coefficient (Wildman–Crippen LogP) is 3.04. The Bertz CT molecular complexity index is 937. The lowest BCUT2D eigenvalue weighted by molar-refractivity contribution is 0.0677. The summed E-state index contributed by atoms with van der Waals surface area (Å²) in [4.78, 5) is 15.1. The average molecular weight is 348 g/mol. The van der Waals surface area contributed by atoms with Crippen LogP contribution in [0.3, 0.4) is 0 Å². The van der Waals surface area contributed by atoms with Gasteiger partial charge < -0.3 is 9.64 Å². The molecule has 1 aliphatic rings. The van der Waals surface area contributed by atoms with Gasteiger partial charge in [-0.1, -0.05) is 12.1 Å². The highest BCUT2D eigenvalue weighted by Crippen LogP contribution is 2.33. The number of benzene rings is 2. The summed E-state index contributed by atoms with van der Waals surface area (Å²) in [5.41, 5.74) is 3.96. The molecule has 3 aromatic rings. The van der Waals surface area contributed by atoms with Crippen LogP contribution in [0.4, 0.5) is 0 Å². The summed E-state index contributed by atoms with van der Waals surface area (Å²) in [5, 5.41) is 7.64. The number of hydrogen-bond donors (Lipinski definition) is 0. The van der Waals surface area contributed by atoms with Crippen LogP contribution in [0.15, 0.2) is 55.1 Å². The third-order valence-corrected chi connectivity index (χ3v) is 4.96.